The Morgan fingerprint density at radius 3 is 2.52 bits per heavy atom. The van der Waals surface area contributed by atoms with Crippen LogP contribution >= 0.6 is 11.6 Å². The molecule has 1 amide bonds. The van der Waals surface area contributed by atoms with Gasteiger partial charge in [-0.1, -0.05) is 11.6 Å². The summed E-state index contributed by atoms with van der Waals surface area (Å²) in [5.74, 6) is -1.13. The lowest BCUT2D eigenvalue weighted by atomic mass is 9.88. The molecule has 1 aliphatic rings. The van der Waals surface area contributed by atoms with E-state index in [4.69, 9.17) is 21.1 Å². The molecule has 1 fully saturated rings. The van der Waals surface area contributed by atoms with Crippen molar-refractivity contribution < 1.29 is 40.4 Å². The number of pyridine rings is 2. The molecule has 40 heavy (non-hydrogen) atoms. The molecule has 1 saturated heterocycles. The number of amides is 1. The SMILES string of the molecule is C=S1(=O)CCC(CC(F)(F)F)(NC(=O)c2nc3ccc(Oc4ncc(Cl)cc4OCC(C)(F)F)c(C)n3n2)CC1. The number of hydrogen-bond donors (Lipinski definition) is 1. The highest BCUT2D eigenvalue weighted by Gasteiger charge is 2.46. The molecule has 3 aromatic rings. The van der Waals surface area contributed by atoms with Gasteiger partial charge in [0.05, 0.1) is 22.7 Å². The van der Waals surface area contributed by atoms with Crippen molar-refractivity contribution in [3.8, 4) is 17.4 Å². The monoisotopic (exact) mass is 609 g/mol. The van der Waals surface area contributed by atoms with Crippen LogP contribution in [-0.4, -0.2) is 71.3 Å². The third kappa shape index (κ3) is 7.30. The minimum atomic E-state index is -4.58. The summed E-state index contributed by atoms with van der Waals surface area (Å²) in [5, 5.41) is 6.69. The summed E-state index contributed by atoms with van der Waals surface area (Å²) in [6.45, 7) is 1.29. The third-order valence-corrected chi connectivity index (χ3v) is 8.29. The van der Waals surface area contributed by atoms with Gasteiger partial charge in [-0.2, -0.15) is 13.2 Å². The Balaban J connectivity index is 1.59. The maximum absolute atomic E-state index is 13.4. The van der Waals surface area contributed by atoms with Crippen molar-refractivity contribution in [1.82, 2.24) is 24.9 Å². The predicted molar refractivity (Wildman–Crippen MR) is 138 cm³/mol. The maximum atomic E-state index is 13.4. The van der Waals surface area contributed by atoms with Crippen LogP contribution in [0.4, 0.5) is 22.0 Å². The van der Waals surface area contributed by atoms with Crippen molar-refractivity contribution in [1.29, 1.82) is 0 Å². The van der Waals surface area contributed by atoms with E-state index in [0.717, 1.165) is 0 Å². The lowest BCUT2D eigenvalue weighted by molar-refractivity contribution is -0.150. The molecule has 0 aromatic carbocycles. The quantitative estimate of drug-likeness (QED) is 0.288. The van der Waals surface area contributed by atoms with Crippen molar-refractivity contribution in [2.24, 2.45) is 0 Å². The molecular formula is C24H25ClF5N5O4S. The summed E-state index contributed by atoms with van der Waals surface area (Å²) in [6.07, 6.45) is -4.96. The molecule has 3 aromatic heterocycles. The summed E-state index contributed by atoms with van der Waals surface area (Å²) in [7, 11) is -2.51. The summed E-state index contributed by atoms with van der Waals surface area (Å²) in [4.78, 5) is 21.1. The van der Waals surface area contributed by atoms with Gasteiger partial charge >= 0.3 is 6.18 Å². The lowest BCUT2D eigenvalue weighted by Crippen LogP contribution is -2.55. The number of fused-ring (bicyclic) bond motifs is 1. The fourth-order valence-corrected chi connectivity index (χ4v) is 6.05. The standard InChI is InChI=1S/C24H25ClF5N5O4S/c1-14-16(39-21-17(10-15(25)11-31-21)38-13-22(2,26)27)4-5-18-32-19(34-35(14)18)20(36)33-23(12-24(28,29)30)6-8-40(3,37)9-7-23/h4-5,10-11H,3,6-9,12-13H2,1-2H3,(H,33,36). The molecule has 0 atom stereocenters. The number of hydrogen-bond acceptors (Lipinski definition) is 7. The molecule has 1 aliphatic heterocycles. The molecule has 9 nitrogen and oxygen atoms in total. The number of alkyl halides is 5. The molecule has 0 radical (unpaired) electrons. The minimum Gasteiger partial charge on any atom is -0.482 e. The third-order valence-electron chi connectivity index (χ3n) is 6.19. The van der Waals surface area contributed by atoms with Gasteiger partial charge in [-0.25, -0.2) is 23.3 Å². The average Bonchev–Trinajstić information content (AvgIpc) is 3.27. The van der Waals surface area contributed by atoms with E-state index in [0.29, 0.717) is 12.6 Å². The first-order valence-corrected chi connectivity index (χ1v) is 14.3. The first-order valence-electron chi connectivity index (χ1n) is 11.9. The maximum Gasteiger partial charge on any atom is 0.391 e. The number of aromatic nitrogens is 4. The van der Waals surface area contributed by atoms with Crippen LogP contribution in [0.2, 0.25) is 5.02 Å². The van der Waals surface area contributed by atoms with Gasteiger partial charge < -0.3 is 14.8 Å². The van der Waals surface area contributed by atoms with E-state index < -0.39 is 46.1 Å². The Labute approximate surface area is 231 Å². The second-order valence-electron chi connectivity index (χ2n) is 9.81. The van der Waals surface area contributed by atoms with Crippen LogP contribution in [0.1, 0.15) is 42.5 Å². The molecule has 218 valence electrons. The van der Waals surface area contributed by atoms with E-state index in [1.807, 2.05) is 0 Å². The Hall–Kier alpha value is -3.20. The first kappa shape index (κ1) is 29.8. The Bertz CT molecular complexity index is 1520. The smallest absolute Gasteiger partial charge is 0.391 e. The van der Waals surface area contributed by atoms with Gasteiger partial charge in [0.2, 0.25) is 5.82 Å². The van der Waals surface area contributed by atoms with Crippen molar-refractivity contribution in [2.45, 2.75) is 50.7 Å². The number of carbonyl (C=O) groups excluding carboxylic acids is 1. The van der Waals surface area contributed by atoms with Crippen LogP contribution in [0, 0.1) is 6.92 Å². The van der Waals surface area contributed by atoms with Crippen LogP contribution in [0.25, 0.3) is 5.65 Å². The number of rotatable bonds is 8. The van der Waals surface area contributed by atoms with Crippen LogP contribution in [0.5, 0.6) is 17.4 Å². The van der Waals surface area contributed by atoms with Crippen molar-refractivity contribution in [2.75, 3.05) is 18.1 Å². The van der Waals surface area contributed by atoms with E-state index in [-0.39, 0.29) is 58.2 Å². The molecule has 16 heteroatoms. The van der Waals surface area contributed by atoms with Gasteiger partial charge in [-0.15, -0.1) is 5.10 Å². The summed E-state index contributed by atoms with van der Waals surface area (Å²) in [6, 6.07) is 4.16. The molecule has 0 spiro atoms. The van der Waals surface area contributed by atoms with Crippen molar-refractivity contribution in [3.63, 3.8) is 0 Å². The van der Waals surface area contributed by atoms with E-state index in [2.05, 4.69) is 26.3 Å². The van der Waals surface area contributed by atoms with Crippen molar-refractivity contribution in [3.05, 3.63) is 40.9 Å². The summed E-state index contributed by atoms with van der Waals surface area (Å²) >= 11 is 5.91. The normalized spacial score (nSPS) is 21.8. The molecule has 1 N–H and O–H groups in total. The highest BCUT2D eigenvalue weighted by Crippen LogP contribution is 2.36. The van der Waals surface area contributed by atoms with Gasteiger partial charge in [0.1, 0.15) is 0 Å². The van der Waals surface area contributed by atoms with Crippen LogP contribution in [0.3, 0.4) is 0 Å². The second kappa shape index (κ2) is 10.7. The van der Waals surface area contributed by atoms with Gasteiger partial charge in [0.25, 0.3) is 17.7 Å². The highest BCUT2D eigenvalue weighted by atomic mass is 35.5. The zero-order valence-electron chi connectivity index (χ0n) is 21.4. The number of nitrogens with zero attached hydrogens (tertiary/aromatic N) is 4. The van der Waals surface area contributed by atoms with Crippen molar-refractivity contribution >= 4 is 38.5 Å². The highest BCUT2D eigenvalue weighted by molar-refractivity contribution is 8.00. The zero-order valence-corrected chi connectivity index (χ0v) is 22.9. The zero-order chi connectivity index (χ0) is 29.5. The molecule has 0 saturated carbocycles. The number of halogens is 6. The summed E-state index contributed by atoms with van der Waals surface area (Å²) < 4.78 is 91.2. The molecule has 0 aliphatic carbocycles. The topological polar surface area (TPSA) is 108 Å². The lowest BCUT2D eigenvalue weighted by Gasteiger charge is -2.39. The molecule has 0 unspecified atom stereocenters. The van der Waals surface area contributed by atoms with Gasteiger partial charge in [0.15, 0.2) is 23.8 Å². The van der Waals surface area contributed by atoms with E-state index in [9.17, 15) is 31.0 Å². The predicted octanol–water partition coefficient (Wildman–Crippen LogP) is 4.84. The average molecular weight is 610 g/mol. The Kier molecular flexibility index (Phi) is 7.93. The fraction of sp³-hybridized carbons (Fsp3) is 0.458. The summed E-state index contributed by atoms with van der Waals surface area (Å²) in [5.41, 5.74) is -1.16. The molecule has 4 rings (SSSR count). The van der Waals surface area contributed by atoms with Crippen LogP contribution in [0.15, 0.2) is 24.4 Å². The first-order chi connectivity index (χ1) is 18.4. The minimum absolute atomic E-state index is 0.0535. The number of carbonyl (C=O) groups is 1. The van der Waals surface area contributed by atoms with Gasteiger partial charge in [0, 0.05) is 30.7 Å². The number of nitrogens with one attached hydrogen (secondary N) is 1. The second-order valence-corrected chi connectivity index (χ2v) is 13.0. The Morgan fingerprint density at radius 1 is 1.23 bits per heavy atom. The van der Waals surface area contributed by atoms with Crippen LogP contribution < -0.4 is 14.8 Å². The largest absolute Gasteiger partial charge is 0.482 e. The number of aryl methyl sites for hydroxylation is 1. The van der Waals surface area contributed by atoms with E-state index >= 15 is 0 Å². The van der Waals surface area contributed by atoms with Crippen LogP contribution in [-0.2, 0) is 9.52 Å². The molecule has 4 heterocycles. The fourth-order valence-electron chi connectivity index (χ4n) is 4.17. The van der Waals surface area contributed by atoms with Gasteiger partial charge in [-0.3, -0.25) is 9.00 Å². The Morgan fingerprint density at radius 2 is 1.90 bits per heavy atom. The molecule has 0 bridgehead atoms. The van der Waals surface area contributed by atoms with Gasteiger partial charge in [-0.05, 0) is 47.3 Å². The van der Waals surface area contributed by atoms with E-state index in [1.54, 1.807) is 6.92 Å². The molecular weight excluding hydrogens is 585 g/mol. The number of ether oxygens (including phenoxy) is 2. The van der Waals surface area contributed by atoms with E-state index in [1.165, 1.54) is 28.9 Å².